The second-order valence-corrected chi connectivity index (χ2v) is 8.73. The first-order valence-electron chi connectivity index (χ1n) is 11.0. The molecule has 1 saturated carbocycles. The molecule has 2 aromatic carbocycles. The molecule has 0 bridgehead atoms. The maximum Gasteiger partial charge on any atom is 0.251 e. The fraction of sp³-hybridized carbons (Fsp3) is 0.308. The summed E-state index contributed by atoms with van der Waals surface area (Å²) >= 11 is 5.98. The van der Waals surface area contributed by atoms with E-state index in [2.05, 4.69) is 10.3 Å². The van der Waals surface area contributed by atoms with E-state index in [1.807, 2.05) is 0 Å². The lowest BCUT2D eigenvalue weighted by atomic mass is 9.92. The fourth-order valence-corrected chi connectivity index (χ4v) is 4.18. The van der Waals surface area contributed by atoms with Crippen molar-refractivity contribution in [3.63, 3.8) is 0 Å². The molecule has 9 heteroatoms. The van der Waals surface area contributed by atoms with E-state index in [9.17, 15) is 14.3 Å². The molecule has 1 aliphatic carbocycles. The molecule has 2 N–H and O–H groups in total. The molecule has 1 aliphatic rings. The van der Waals surface area contributed by atoms with Crippen molar-refractivity contribution in [2.24, 2.45) is 5.92 Å². The second kappa shape index (κ2) is 10.1. The van der Waals surface area contributed by atoms with Crippen molar-refractivity contribution in [3.05, 3.63) is 70.6 Å². The van der Waals surface area contributed by atoms with Gasteiger partial charge in [0.1, 0.15) is 22.9 Å². The molecule has 0 spiro atoms. The zero-order valence-electron chi connectivity index (χ0n) is 19.6. The molecular weight excluding hydrogens is 475 g/mol. The third kappa shape index (κ3) is 5.04. The minimum atomic E-state index is -1.41. The van der Waals surface area contributed by atoms with E-state index in [0.717, 1.165) is 12.8 Å². The number of methoxy groups -OCH3 is 3. The van der Waals surface area contributed by atoms with Crippen LogP contribution in [0.25, 0.3) is 11.3 Å². The van der Waals surface area contributed by atoms with Crippen molar-refractivity contribution in [1.29, 1.82) is 0 Å². The highest BCUT2D eigenvalue weighted by atomic mass is 35.5. The van der Waals surface area contributed by atoms with Gasteiger partial charge in [-0.25, -0.2) is 9.37 Å². The Hall–Kier alpha value is -3.36. The molecule has 1 fully saturated rings. The van der Waals surface area contributed by atoms with Crippen LogP contribution in [0.4, 0.5) is 4.39 Å². The molecular formula is C26H26ClFN2O5. The molecule has 0 aliphatic heterocycles. The predicted octanol–water partition coefficient (Wildman–Crippen LogP) is 4.59. The van der Waals surface area contributed by atoms with E-state index in [0.29, 0.717) is 39.8 Å². The molecule has 1 atom stereocenters. The minimum absolute atomic E-state index is 0.0450. The number of halogens is 2. The van der Waals surface area contributed by atoms with Gasteiger partial charge >= 0.3 is 0 Å². The number of carbonyl (C=O) groups excluding carboxylic acids is 1. The summed E-state index contributed by atoms with van der Waals surface area (Å²) in [5.41, 5.74) is 0.297. The lowest BCUT2D eigenvalue weighted by Crippen LogP contribution is -2.43. The lowest BCUT2D eigenvalue weighted by molar-refractivity contribution is 0.00953. The normalized spacial score (nSPS) is 14.7. The summed E-state index contributed by atoms with van der Waals surface area (Å²) in [6.45, 7) is -0.0478. The lowest BCUT2D eigenvalue weighted by Gasteiger charge is -2.29. The van der Waals surface area contributed by atoms with Gasteiger partial charge in [-0.2, -0.15) is 0 Å². The van der Waals surface area contributed by atoms with Crippen LogP contribution < -0.4 is 19.5 Å². The van der Waals surface area contributed by atoms with E-state index in [1.165, 1.54) is 33.5 Å². The Morgan fingerprint density at radius 3 is 2.37 bits per heavy atom. The number of carbonyl (C=O) groups is 1. The molecule has 35 heavy (non-hydrogen) atoms. The third-order valence-electron chi connectivity index (χ3n) is 6.13. The molecule has 184 valence electrons. The van der Waals surface area contributed by atoms with Crippen molar-refractivity contribution in [2.45, 2.75) is 18.4 Å². The Balaban J connectivity index is 1.63. The van der Waals surface area contributed by atoms with Gasteiger partial charge in [-0.1, -0.05) is 11.6 Å². The van der Waals surface area contributed by atoms with Gasteiger partial charge in [0.2, 0.25) is 0 Å². The number of nitrogens with zero attached hydrogens (tertiary/aromatic N) is 1. The molecule has 3 aromatic rings. The summed E-state index contributed by atoms with van der Waals surface area (Å²) in [6.07, 6.45) is 1.60. The minimum Gasteiger partial charge on any atom is -0.494 e. The number of amides is 1. The highest BCUT2D eigenvalue weighted by Crippen LogP contribution is 2.46. The molecule has 0 radical (unpaired) electrons. The Bertz CT molecular complexity index is 1250. The number of hydrogen-bond acceptors (Lipinski definition) is 6. The summed E-state index contributed by atoms with van der Waals surface area (Å²) in [4.78, 5) is 17.6. The van der Waals surface area contributed by atoms with Crippen LogP contribution in [0, 0.1) is 11.7 Å². The van der Waals surface area contributed by atoms with Crippen LogP contribution in [0.2, 0.25) is 5.02 Å². The number of aliphatic hydroxyl groups is 1. The largest absolute Gasteiger partial charge is 0.494 e. The molecule has 4 rings (SSSR count). The average Bonchev–Trinajstić information content (AvgIpc) is 3.74. The zero-order valence-corrected chi connectivity index (χ0v) is 20.4. The average molecular weight is 501 g/mol. The summed E-state index contributed by atoms with van der Waals surface area (Å²) in [5, 5.41) is 14.5. The maximum absolute atomic E-state index is 13.7. The molecule has 7 nitrogen and oxygen atoms in total. The van der Waals surface area contributed by atoms with Crippen LogP contribution in [0.1, 0.15) is 28.9 Å². The summed E-state index contributed by atoms with van der Waals surface area (Å²) in [5.74, 6) is 0.399. The first-order chi connectivity index (χ1) is 16.8. The summed E-state index contributed by atoms with van der Waals surface area (Å²) in [6, 6.07) is 12.5. The van der Waals surface area contributed by atoms with Gasteiger partial charge in [-0.3, -0.25) is 4.79 Å². The first-order valence-corrected chi connectivity index (χ1v) is 11.4. The highest BCUT2D eigenvalue weighted by molar-refractivity contribution is 6.31. The van der Waals surface area contributed by atoms with Gasteiger partial charge in [0, 0.05) is 11.1 Å². The molecule has 1 unspecified atom stereocenters. The number of pyridine rings is 1. The van der Waals surface area contributed by atoms with E-state index >= 15 is 0 Å². The number of ether oxygens (including phenoxy) is 3. The topological polar surface area (TPSA) is 89.9 Å². The Labute approximate surface area is 207 Å². The number of hydrogen-bond donors (Lipinski definition) is 2. The van der Waals surface area contributed by atoms with Crippen molar-refractivity contribution in [2.75, 3.05) is 27.9 Å². The molecule has 0 saturated heterocycles. The Morgan fingerprint density at radius 2 is 1.74 bits per heavy atom. The van der Waals surface area contributed by atoms with Crippen LogP contribution in [0.3, 0.4) is 0 Å². The summed E-state index contributed by atoms with van der Waals surface area (Å²) in [7, 11) is 4.51. The Morgan fingerprint density at radius 1 is 1.06 bits per heavy atom. The smallest absolute Gasteiger partial charge is 0.251 e. The van der Waals surface area contributed by atoms with E-state index < -0.39 is 11.4 Å². The van der Waals surface area contributed by atoms with Gasteiger partial charge in [-0.05, 0) is 67.3 Å². The first kappa shape index (κ1) is 24.8. The van der Waals surface area contributed by atoms with Gasteiger partial charge in [0.15, 0.2) is 11.5 Å². The van der Waals surface area contributed by atoms with Gasteiger partial charge in [0.25, 0.3) is 5.91 Å². The summed E-state index contributed by atoms with van der Waals surface area (Å²) < 4.78 is 29.6. The molecule has 1 aromatic heterocycles. The van der Waals surface area contributed by atoms with E-state index in [-0.39, 0.29) is 23.4 Å². The number of aromatic nitrogens is 1. The zero-order chi connectivity index (χ0) is 25.2. The SMILES string of the molecule is COc1ccc(C(=O)NCC(O)(c2ccc(OC)c(-c3ccc(F)c(Cl)c3)n2)C2CC2)cc1OC. The van der Waals surface area contributed by atoms with Crippen LogP contribution >= 0.6 is 11.6 Å². The van der Waals surface area contributed by atoms with Crippen LogP contribution in [0.15, 0.2) is 48.5 Å². The van der Waals surface area contributed by atoms with Crippen molar-refractivity contribution in [1.82, 2.24) is 10.3 Å². The monoisotopic (exact) mass is 500 g/mol. The highest BCUT2D eigenvalue weighted by Gasteiger charge is 2.46. The number of rotatable bonds is 9. The Kier molecular flexibility index (Phi) is 7.14. The molecule has 1 heterocycles. The van der Waals surface area contributed by atoms with Crippen molar-refractivity contribution >= 4 is 17.5 Å². The second-order valence-electron chi connectivity index (χ2n) is 8.33. The fourth-order valence-electron chi connectivity index (χ4n) is 4.00. The number of benzene rings is 2. The van der Waals surface area contributed by atoms with Crippen LogP contribution in [0.5, 0.6) is 17.2 Å². The van der Waals surface area contributed by atoms with Gasteiger partial charge in [-0.15, -0.1) is 0 Å². The quantitative estimate of drug-likeness (QED) is 0.446. The van der Waals surface area contributed by atoms with Crippen LogP contribution in [-0.4, -0.2) is 43.9 Å². The van der Waals surface area contributed by atoms with Crippen molar-refractivity contribution < 1.29 is 28.5 Å². The van der Waals surface area contributed by atoms with Crippen molar-refractivity contribution in [3.8, 4) is 28.5 Å². The maximum atomic E-state index is 13.7. The van der Waals surface area contributed by atoms with E-state index in [1.54, 1.807) is 36.4 Å². The van der Waals surface area contributed by atoms with Gasteiger partial charge in [0.05, 0.1) is 38.6 Å². The standard InChI is InChI=1S/C26H26ClFN2O5/c1-33-20-9-5-16(13-22(20)35-3)25(31)29-14-26(32,17-6-7-17)23-11-10-21(34-2)24(30-23)15-4-8-19(28)18(27)12-15/h4-5,8-13,17,32H,6-7,14H2,1-3H3,(H,29,31). The molecule has 1 amide bonds. The van der Waals surface area contributed by atoms with Gasteiger partial charge < -0.3 is 24.6 Å². The number of nitrogens with one attached hydrogen (secondary N) is 1. The third-order valence-corrected chi connectivity index (χ3v) is 6.42. The van der Waals surface area contributed by atoms with Crippen LogP contribution in [-0.2, 0) is 5.60 Å². The predicted molar refractivity (Wildman–Crippen MR) is 130 cm³/mol. The van der Waals surface area contributed by atoms with E-state index in [4.69, 9.17) is 25.8 Å².